The van der Waals surface area contributed by atoms with Crippen molar-refractivity contribution < 1.29 is 18.3 Å². The summed E-state index contributed by atoms with van der Waals surface area (Å²) in [6, 6.07) is 3.55. The minimum absolute atomic E-state index is 0.0301. The maximum atomic E-state index is 13.4. The lowest BCUT2D eigenvalue weighted by Crippen LogP contribution is -2.19. The second-order valence-electron chi connectivity index (χ2n) is 5.93. The van der Waals surface area contributed by atoms with Crippen LogP contribution in [-0.2, 0) is 6.54 Å². The maximum absolute atomic E-state index is 13.4. The molecule has 1 aromatic carbocycles. The monoisotopic (exact) mass is 335 g/mol. The van der Waals surface area contributed by atoms with Gasteiger partial charge in [-0.1, -0.05) is 6.92 Å². The molecule has 1 N–H and O–H groups in total. The van der Waals surface area contributed by atoms with Crippen LogP contribution in [0.2, 0.25) is 0 Å². The van der Waals surface area contributed by atoms with Gasteiger partial charge in [0.05, 0.1) is 17.8 Å². The fraction of sp³-hybridized carbons (Fsp3) is 0.294. The van der Waals surface area contributed by atoms with Crippen molar-refractivity contribution in [3.63, 3.8) is 0 Å². The Labute approximate surface area is 136 Å². The molecule has 3 aromatic rings. The Balaban J connectivity index is 2.05. The topological polar surface area (TPSA) is 50.9 Å². The fourth-order valence-electron chi connectivity index (χ4n) is 2.41. The first-order valence-corrected chi connectivity index (χ1v) is 7.51. The average Bonchev–Trinajstić information content (AvgIpc) is 2.94. The average molecular weight is 335 g/mol. The quantitative estimate of drug-likeness (QED) is 0.742. The van der Waals surface area contributed by atoms with E-state index in [0.29, 0.717) is 23.1 Å². The summed E-state index contributed by atoms with van der Waals surface area (Å²) in [6.07, 6.45) is 2.54. The molecule has 0 bridgehead atoms. The van der Waals surface area contributed by atoms with E-state index in [0.717, 1.165) is 12.1 Å². The van der Waals surface area contributed by atoms with Crippen molar-refractivity contribution in [3.8, 4) is 11.1 Å². The summed E-state index contributed by atoms with van der Waals surface area (Å²) in [7, 11) is 0. The lowest BCUT2D eigenvalue weighted by molar-refractivity contribution is 0.123. The molecule has 0 radical (unpaired) electrons. The Hall–Kier alpha value is -2.41. The molecule has 7 heteroatoms. The molecule has 2 atom stereocenters. The van der Waals surface area contributed by atoms with Crippen LogP contribution in [0.25, 0.3) is 22.2 Å². The number of hydrogen-bond donors (Lipinski definition) is 1. The number of pyridine rings is 1. The van der Waals surface area contributed by atoms with Crippen molar-refractivity contribution in [1.29, 1.82) is 0 Å². The van der Waals surface area contributed by atoms with Gasteiger partial charge in [0.15, 0.2) is 17.5 Å². The molecule has 2 aromatic heterocycles. The molecular weight excluding hydrogens is 319 g/mol. The molecule has 126 valence electrons. The van der Waals surface area contributed by atoms with Gasteiger partial charge in [0, 0.05) is 24.2 Å². The molecule has 2 heterocycles. The van der Waals surface area contributed by atoms with Gasteiger partial charge in [-0.2, -0.15) is 5.10 Å². The predicted octanol–water partition coefficient (Wildman–Crippen LogP) is 3.53. The first-order valence-electron chi connectivity index (χ1n) is 7.51. The van der Waals surface area contributed by atoms with Crippen molar-refractivity contribution >= 4 is 11.0 Å². The number of aliphatic hydroxyl groups is 1. The zero-order chi connectivity index (χ0) is 17.4. The molecule has 0 fully saturated rings. The van der Waals surface area contributed by atoms with Crippen LogP contribution < -0.4 is 0 Å². The number of aromatic nitrogens is 3. The molecule has 0 aliphatic carbocycles. The summed E-state index contributed by atoms with van der Waals surface area (Å²) in [4.78, 5) is 4.23. The minimum atomic E-state index is -1.50. The van der Waals surface area contributed by atoms with E-state index in [-0.39, 0.29) is 11.5 Å². The van der Waals surface area contributed by atoms with Crippen LogP contribution in [0.5, 0.6) is 0 Å². The van der Waals surface area contributed by atoms with Crippen molar-refractivity contribution in [2.45, 2.75) is 26.5 Å². The van der Waals surface area contributed by atoms with Crippen molar-refractivity contribution in [1.82, 2.24) is 14.8 Å². The summed E-state index contributed by atoms with van der Waals surface area (Å²) >= 11 is 0. The highest BCUT2D eigenvalue weighted by Crippen LogP contribution is 2.26. The molecule has 0 saturated heterocycles. The normalized spacial score (nSPS) is 14.1. The standard InChI is InChI=1S/C17H16F3N3O/c1-9(10(2)24)8-23-16-5-12(6-21-15(16)7-22-23)11-3-13(18)17(20)14(19)4-11/h3-7,9-10,24H,8H2,1-2H3. The third-order valence-electron chi connectivity index (χ3n) is 4.10. The van der Waals surface area contributed by atoms with Crippen LogP contribution in [0.15, 0.2) is 30.6 Å². The van der Waals surface area contributed by atoms with Gasteiger partial charge < -0.3 is 5.11 Å². The smallest absolute Gasteiger partial charge is 0.194 e. The summed E-state index contributed by atoms with van der Waals surface area (Å²) in [6.45, 7) is 4.06. The highest BCUT2D eigenvalue weighted by Gasteiger charge is 2.15. The van der Waals surface area contributed by atoms with Gasteiger partial charge in [-0.3, -0.25) is 9.67 Å². The fourth-order valence-corrected chi connectivity index (χ4v) is 2.41. The Kier molecular flexibility index (Phi) is 4.28. The second kappa shape index (κ2) is 6.24. The van der Waals surface area contributed by atoms with Crippen LogP contribution in [0, 0.1) is 23.4 Å². The van der Waals surface area contributed by atoms with Crippen molar-refractivity contribution in [2.24, 2.45) is 5.92 Å². The molecule has 0 saturated carbocycles. The van der Waals surface area contributed by atoms with Gasteiger partial charge in [0.1, 0.15) is 5.52 Å². The van der Waals surface area contributed by atoms with E-state index in [1.54, 1.807) is 23.9 Å². The Bertz CT molecular complexity index is 869. The highest BCUT2D eigenvalue weighted by atomic mass is 19.2. The van der Waals surface area contributed by atoms with Gasteiger partial charge in [-0.15, -0.1) is 0 Å². The van der Waals surface area contributed by atoms with Gasteiger partial charge in [-0.05, 0) is 30.7 Å². The van der Waals surface area contributed by atoms with E-state index in [1.165, 1.54) is 6.20 Å². The van der Waals surface area contributed by atoms with E-state index >= 15 is 0 Å². The van der Waals surface area contributed by atoms with E-state index < -0.39 is 23.6 Å². The van der Waals surface area contributed by atoms with Gasteiger partial charge >= 0.3 is 0 Å². The van der Waals surface area contributed by atoms with Crippen LogP contribution in [0.3, 0.4) is 0 Å². The number of halogens is 3. The third kappa shape index (κ3) is 2.99. The minimum Gasteiger partial charge on any atom is -0.393 e. The zero-order valence-corrected chi connectivity index (χ0v) is 13.2. The van der Waals surface area contributed by atoms with E-state index in [2.05, 4.69) is 10.1 Å². The molecule has 0 amide bonds. The molecule has 24 heavy (non-hydrogen) atoms. The van der Waals surface area contributed by atoms with Crippen LogP contribution in [0.1, 0.15) is 13.8 Å². The summed E-state index contributed by atoms with van der Waals surface area (Å²) in [5.41, 5.74) is 1.94. The first kappa shape index (κ1) is 16.4. The van der Waals surface area contributed by atoms with Gasteiger partial charge in [-0.25, -0.2) is 13.2 Å². The highest BCUT2D eigenvalue weighted by molar-refractivity contribution is 5.80. The van der Waals surface area contributed by atoms with Crippen LogP contribution in [0.4, 0.5) is 13.2 Å². The number of hydrogen-bond acceptors (Lipinski definition) is 3. The SMILES string of the molecule is CC(O)C(C)Cn1ncc2ncc(-c3cc(F)c(F)c(F)c3)cc21. The summed E-state index contributed by atoms with van der Waals surface area (Å²) in [5, 5.41) is 13.9. The molecule has 0 spiro atoms. The Morgan fingerprint density at radius 2 is 1.71 bits per heavy atom. The summed E-state index contributed by atoms with van der Waals surface area (Å²) < 4.78 is 41.7. The van der Waals surface area contributed by atoms with E-state index in [4.69, 9.17) is 0 Å². The lowest BCUT2D eigenvalue weighted by Gasteiger charge is -2.15. The Morgan fingerprint density at radius 1 is 1.04 bits per heavy atom. The van der Waals surface area contributed by atoms with E-state index in [9.17, 15) is 18.3 Å². The maximum Gasteiger partial charge on any atom is 0.194 e. The number of nitrogens with zero attached hydrogens (tertiary/aromatic N) is 3. The number of aliphatic hydroxyl groups excluding tert-OH is 1. The Morgan fingerprint density at radius 3 is 2.33 bits per heavy atom. The first-order chi connectivity index (χ1) is 11.4. The van der Waals surface area contributed by atoms with Gasteiger partial charge in [0.25, 0.3) is 0 Å². The van der Waals surface area contributed by atoms with E-state index in [1.807, 2.05) is 6.92 Å². The zero-order valence-electron chi connectivity index (χ0n) is 13.2. The number of benzene rings is 1. The number of fused-ring (bicyclic) bond motifs is 1. The summed E-state index contributed by atoms with van der Waals surface area (Å²) in [5.74, 6) is -4.02. The lowest BCUT2D eigenvalue weighted by atomic mass is 10.1. The molecule has 4 nitrogen and oxygen atoms in total. The molecule has 3 rings (SSSR count). The largest absolute Gasteiger partial charge is 0.393 e. The van der Waals surface area contributed by atoms with Crippen LogP contribution in [-0.4, -0.2) is 26.0 Å². The van der Waals surface area contributed by atoms with Crippen LogP contribution >= 0.6 is 0 Å². The third-order valence-corrected chi connectivity index (χ3v) is 4.10. The number of rotatable bonds is 4. The molecule has 2 unspecified atom stereocenters. The molecule has 0 aliphatic rings. The van der Waals surface area contributed by atoms with Crippen molar-refractivity contribution in [3.05, 3.63) is 48.0 Å². The molecule has 0 aliphatic heterocycles. The van der Waals surface area contributed by atoms with Gasteiger partial charge in [0.2, 0.25) is 0 Å². The predicted molar refractivity (Wildman–Crippen MR) is 83.7 cm³/mol. The molecular formula is C17H16F3N3O. The van der Waals surface area contributed by atoms with Crippen molar-refractivity contribution in [2.75, 3.05) is 0 Å². The second-order valence-corrected chi connectivity index (χ2v) is 5.93.